The minimum absolute atomic E-state index is 0.406. The molecule has 1 aliphatic heterocycles. The lowest BCUT2D eigenvalue weighted by molar-refractivity contribution is 0.435. The number of aromatic nitrogens is 1. The van der Waals surface area contributed by atoms with Crippen molar-refractivity contribution in [1.82, 2.24) is 4.98 Å². The van der Waals surface area contributed by atoms with Gasteiger partial charge in [0.05, 0.1) is 11.6 Å². The van der Waals surface area contributed by atoms with Gasteiger partial charge in [-0.05, 0) is 37.3 Å². The van der Waals surface area contributed by atoms with Gasteiger partial charge < -0.3 is 4.90 Å². The third-order valence-electron chi connectivity index (χ3n) is 3.78. The summed E-state index contributed by atoms with van der Waals surface area (Å²) in [5, 5.41) is 9.40. The normalized spacial score (nSPS) is 19.8. The Kier molecular flexibility index (Phi) is 5.04. The first-order valence-electron chi connectivity index (χ1n) is 7.05. The molecular formula is C15H20ClN3. The van der Waals surface area contributed by atoms with Crippen LogP contribution in [0.5, 0.6) is 0 Å². The molecule has 4 heteroatoms. The summed E-state index contributed by atoms with van der Waals surface area (Å²) in [4.78, 5) is 6.62. The van der Waals surface area contributed by atoms with Crippen molar-refractivity contribution in [1.29, 1.82) is 5.26 Å². The lowest BCUT2D eigenvalue weighted by Gasteiger charge is -2.22. The minimum Gasteiger partial charge on any atom is -0.357 e. The lowest BCUT2D eigenvalue weighted by Crippen LogP contribution is -2.25. The molecule has 102 valence electrons. The van der Waals surface area contributed by atoms with Gasteiger partial charge in [0.15, 0.2) is 0 Å². The van der Waals surface area contributed by atoms with Crippen LogP contribution in [0.25, 0.3) is 0 Å². The molecule has 1 fully saturated rings. The molecule has 0 spiro atoms. The van der Waals surface area contributed by atoms with Gasteiger partial charge in [-0.15, -0.1) is 0 Å². The van der Waals surface area contributed by atoms with E-state index in [1.54, 1.807) is 6.07 Å². The maximum Gasteiger partial charge on any atom is 0.132 e. The summed E-state index contributed by atoms with van der Waals surface area (Å²) in [7, 11) is 0. The molecule has 0 aromatic carbocycles. The smallest absolute Gasteiger partial charge is 0.132 e. The van der Waals surface area contributed by atoms with Crippen LogP contribution in [-0.2, 0) is 0 Å². The minimum atomic E-state index is 0.406. The Labute approximate surface area is 120 Å². The van der Waals surface area contributed by atoms with Crippen molar-refractivity contribution < 1.29 is 0 Å². The monoisotopic (exact) mass is 277 g/mol. The Balaban J connectivity index is 2.10. The van der Waals surface area contributed by atoms with Crippen LogP contribution in [0.2, 0.25) is 5.15 Å². The van der Waals surface area contributed by atoms with Crippen molar-refractivity contribution in [3.8, 4) is 6.07 Å². The summed E-state index contributed by atoms with van der Waals surface area (Å²) in [6.07, 6.45) is 6.29. The predicted octanol–water partition coefficient (Wildman–Crippen LogP) is 4.01. The van der Waals surface area contributed by atoms with Gasteiger partial charge in [-0.1, -0.05) is 31.4 Å². The quantitative estimate of drug-likeness (QED) is 0.784. The van der Waals surface area contributed by atoms with Crippen molar-refractivity contribution in [2.24, 2.45) is 5.92 Å². The summed E-state index contributed by atoms with van der Waals surface area (Å²) in [5.41, 5.74) is 0.587. The van der Waals surface area contributed by atoms with Gasteiger partial charge in [0.2, 0.25) is 0 Å². The van der Waals surface area contributed by atoms with Crippen LogP contribution in [0.15, 0.2) is 12.1 Å². The summed E-state index contributed by atoms with van der Waals surface area (Å²) in [5.74, 6) is 1.69. The van der Waals surface area contributed by atoms with Gasteiger partial charge in [-0.2, -0.15) is 5.26 Å². The van der Waals surface area contributed by atoms with Crippen molar-refractivity contribution in [3.63, 3.8) is 0 Å². The molecule has 1 atom stereocenters. The highest BCUT2D eigenvalue weighted by Crippen LogP contribution is 2.25. The molecule has 1 aromatic heterocycles. The van der Waals surface area contributed by atoms with Crippen molar-refractivity contribution in [2.45, 2.75) is 39.0 Å². The number of hydrogen-bond acceptors (Lipinski definition) is 3. The van der Waals surface area contributed by atoms with Crippen LogP contribution in [0.1, 0.15) is 44.6 Å². The fraction of sp³-hybridized carbons (Fsp3) is 0.600. The molecular weight excluding hydrogens is 258 g/mol. The van der Waals surface area contributed by atoms with E-state index < -0.39 is 0 Å². The first kappa shape index (κ1) is 14.1. The molecule has 2 heterocycles. The SMILES string of the molecule is CCCC1CCCN(c2cc(C#N)cc(Cl)n2)CC1. The van der Waals surface area contributed by atoms with Gasteiger partial charge in [-0.25, -0.2) is 4.98 Å². The topological polar surface area (TPSA) is 39.9 Å². The summed E-state index contributed by atoms with van der Waals surface area (Å²) >= 11 is 5.98. The molecule has 2 rings (SSSR count). The Morgan fingerprint density at radius 1 is 1.42 bits per heavy atom. The Bertz CT molecular complexity index is 467. The van der Waals surface area contributed by atoms with Crippen molar-refractivity contribution in [3.05, 3.63) is 22.8 Å². The first-order chi connectivity index (χ1) is 9.22. The molecule has 0 radical (unpaired) electrons. The molecule has 0 aliphatic carbocycles. The van der Waals surface area contributed by atoms with Gasteiger partial charge in [0, 0.05) is 13.1 Å². The highest BCUT2D eigenvalue weighted by molar-refractivity contribution is 6.29. The Hall–Kier alpha value is -1.27. The molecule has 3 nitrogen and oxygen atoms in total. The summed E-state index contributed by atoms with van der Waals surface area (Å²) < 4.78 is 0. The van der Waals surface area contributed by atoms with E-state index in [0.29, 0.717) is 10.7 Å². The molecule has 0 N–H and O–H groups in total. The van der Waals surface area contributed by atoms with Crippen LogP contribution in [0.4, 0.5) is 5.82 Å². The molecule has 0 bridgehead atoms. The van der Waals surface area contributed by atoms with Gasteiger partial charge >= 0.3 is 0 Å². The average Bonchev–Trinajstić information content (AvgIpc) is 2.64. The van der Waals surface area contributed by atoms with Gasteiger partial charge in [-0.3, -0.25) is 0 Å². The third kappa shape index (κ3) is 3.84. The second-order valence-electron chi connectivity index (χ2n) is 5.22. The number of rotatable bonds is 3. The maximum atomic E-state index is 9.00. The zero-order chi connectivity index (χ0) is 13.7. The van der Waals surface area contributed by atoms with Crippen LogP contribution >= 0.6 is 11.6 Å². The van der Waals surface area contributed by atoms with Crippen molar-refractivity contribution in [2.75, 3.05) is 18.0 Å². The fourth-order valence-electron chi connectivity index (χ4n) is 2.80. The number of nitriles is 1. The summed E-state index contributed by atoms with van der Waals surface area (Å²) in [6.45, 7) is 4.28. The first-order valence-corrected chi connectivity index (χ1v) is 7.43. The zero-order valence-corrected chi connectivity index (χ0v) is 12.2. The highest BCUT2D eigenvalue weighted by Gasteiger charge is 2.18. The molecule has 1 saturated heterocycles. The van der Waals surface area contributed by atoms with E-state index in [9.17, 15) is 0 Å². The van der Waals surface area contributed by atoms with E-state index in [-0.39, 0.29) is 0 Å². The highest BCUT2D eigenvalue weighted by atomic mass is 35.5. The number of hydrogen-bond donors (Lipinski definition) is 0. The number of pyridine rings is 1. The van der Waals surface area contributed by atoms with Crippen LogP contribution in [-0.4, -0.2) is 18.1 Å². The van der Waals surface area contributed by atoms with E-state index in [4.69, 9.17) is 16.9 Å². The van der Waals surface area contributed by atoms with Gasteiger partial charge in [0.25, 0.3) is 0 Å². The van der Waals surface area contributed by atoms with Crippen molar-refractivity contribution >= 4 is 17.4 Å². The number of halogens is 1. The van der Waals surface area contributed by atoms with E-state index in [0.717, 1.165) is 24.8 Å². The molecule has 0 saturated carbocycles. The van der Waals surface area contributed by atoms with E-state index >= 15 is 0 Å². The Morgan fingerprint density at radius 2 is 2.26 bits per heavy atom. The fourth-order valence-corrected chi connectivity index (χ4v) is 3.01. The Morgan fingerprint density at radius 3 is 3.00 bits per heavy atom. The predicted molar refractivity (Wildman–Crippen MR) is 78.4 cm³/mol. The zero-order valence-electron chi connectivity index (χ0n) is 11.4. The second-order valence-corrected chi connectivity index (χ2v) is 5.61. The van der Waals surface area contributed by atoms with E-state index in [2.05, 4.69) is 22.9 Å². The third-order valence-corrected chi connectivity index (χ3v) is 3.97. The average molecular weight is 278 g/mol. The molecule has 0 amide bonds. The summed E-state index contributed by atoms with van der Waals surface area (Å²) in [6, 6.07) is 5.59. The second kappa shape index (κ2) is 6.77. The van der Waals surface area contributed by atoms with Crippen LogP contribution < -0.4 is 4.90 Å². The molecule has 1 unspecified atom stereocenters. The molecule has 1 aromatic rings. The molecule has 19 heavy (non-hydrogen) atoms. The molecule has 1 aliphatic rings. The number of anilines is 1. The van der Waals surface area contributed by atoms with Crippen LogP contribution in [0.3, 0.4) is 0 Å². The lowest BCUT2D eigenvalue weighted by atomic mass is 9.96. The standard InChI is InChI=1S/C15H20ClN3/c1-2-4-12-5-3-7-19(8-6-12)15-10-13(11-17)9-14(16)18-15/h9-10,12H,2-8H2,1H3. The van der Waals surface area contributed by atoms with E-state index in [1.165, 1.54) is 32.1 Å². The van der Waals surface area contributed by atoms with Gasteiger partial charge in [0.1, 0.15) is 11.0 Å². The van der Waals surface area contributed by atoms with Crippen LogP contribution in [0, 0.1) is 17.2 Å². The number of nitrogens with zero attached hydrogens (tertiary/aromatic N) is 3. The van der Waals surface area contributed by atoms with E-state index in [1.807, 2.05) is 6.07 Å². The largest absolute Gasteiger partial charge is 0.357 e. The maximum absolute atomic E-state index is 9.00.